The van der Waals surface area contributed by atoms with Crippen LogP contribution >= 0.6 is 0 Å². The normalized spacial score (nSPS) is 42.9. The van der Waals surface area contributed by atoms with Gasteiger partial charge in [0, 0.05) is 6.10 Å². The first-order valence-electron chi connectivity index (χ1n) is 15.2. The van der Waals surface area contributed by atoms with Crippen molar-refractivity contribution in [3.63, 3.8) is 0 Å². The third-order valence-electron chi connectivity index (χ3n) is 13.0. The van der Waals surface area contributed by atoms with Gasteiger partial charge in [0.25, 0.3) is 0 Å². The van der Waals surface area contributed by atoms with Crippen molar-refractivity contribution in [1.82, 2.24) is 0 Å². The summed E-state index contributed by atoms with van der Waals surface area (Å²) >= 11 is 0. The molecule has 4 rings (SSSR count). The first-order valence-corrected chi connectivity index (χ1v) is 21.0. The molecule has 4 aliphatic rings. The molecule has 0 amide bonds. The smallest absolute Gasteiger partial charge is 0.192 e. The standard InChI is InChI=1S/C31H60O2Si2/c1-28(2,3)34(9,10)32-23-17-19-30(7)22(21-23)13-14-24-25-15-16-27(31(25,8)20-18-26(24)30)33-35(11,12)29(4,5)6/h22-27H,13-21H2,1-12H3. The van der Waals surface area contributed by atoms with E-state index in [-0.39, 0.29) is 0 Å². The van der Waals surface area contributed by atoms with E-state index in [1.807, 2.05) is 0 Å². The predicted molar refractivity (Wildman–Crippen MR) is 156 cm³/mol. The Morgan fingerprint density at radius 1 is 0.629 bits per heavy atom. The molecule has 0 saturated heterocycles. The lowest BCUT2D eigenvalue weighted by Crippen LogP contribution is -2.56. The van der Waals surface area contributed by atoms with Gasteiger partial charge in [0.2, 0.25) is 0 Å². The highest BCUT2D eigenvalue weighted by Crippen LogP contribution is 2.67. The van der Waals surface area contributed by atoms with Crippen molar-refractivity contribution in [2.24, 2.45) is 34.5 Å². The Hall–Kier alpha value is 0.354. The van der Waals surface area contributed by atoms with Crippen LogP contribution in [0.5, 0.6) is 0 Å². The van der Waals surface area contributed by atoms with Crippen LogP contribution in [0, 0.1) is 34.5 Å². The Morgan fingerprint density at radius 3 is 1.77 bits per heavy atom. The van der Waals surface area contributed by atoms with Crippen molar-refractivity contribution in [3.05, 3.63) is 0 Å². The topological polar surface area (TPSA) is 18.5 Å². The monoisotopic (exact) mass is 520 g/mol. The van der Waals surface area contributed by atoms with Crippen LogP contribution in [0.4, 0.5) is 0 Å². The minimum atomic E-state index is -1.73. The van der Waals surface area contributed by atoms with E-state index in [0.29, 0.717) is 33.1 Å². The zero-order chi connectivity index (χ0) is 26.2. The maximum atomic E-state index is 7.16. The van der Waals surface area contributed by atoms with Gasteiger partial charge in [-0.05, 0) is 129 Å². The summed E-state index contributed by atoms with van der Waals surface area (Å²) in [6.45, 7) is 29.5. The highest BCUT2D eigenvalue weighted by Gasteiger charge is 2.61. The molecule has 0 heterocycles. The summed E-state index contributed by atoms with van der Waals surface area (Å²) in [6.07, 6.45) is 13.5. The number of hydrogen-bond donors (Lipinski definition) is 0. The van der Waals surface area contributed by atoms with Crippen LogP contribution < -0.4 is 0 Å². The van der Waals surface area contributed by atoms with Crippen molar-refractivity contribution in [2.45, 2.75) is 162 Å². The minimum absolute atomic E-state index is 0.301. The highest BCUT2D eigenvalue weighted by atomic mass is 28.4. The molecule has 0 N–H and O–H groups in total. The van der Waals surface area contributed by atoms with Crippen LogP contribution in [0.15, 0.2) is 0 Å². The summed E-state index contributed by atoms with van der Waals surface area (Å²) < 4.78 is 14.1. The fourth-order valence-corrected chi connectivity index (χ4v) is 11.5. The van der Waals surface area contributed by atoms with Crippen molar-refractivity contribution in [3.8, 4) is 0 Å². The SMILES string of the molecule is CC12CCC(O[Si](C)(C)C(C)(C)C)CC1CCC1C2CCC2(C)C(O[Si](C)(C)C(C)(C)C)CCC12. The first-order chi connectivity index (χ1) is 15.8. The maximum absolute atomic E-state index is 7.16. The predicted octanol–water partition coefficient (Wildman–Crippen LogP) is 9.81. The van der Waals surface area contributed by atoms with Gasteiger partial charge in [0.15, 0.2) is 16.6 Å². The second-order valence-electron chi connectivity index (χ2n) is 16.9. The van der Waals surface area contributed by atoms with Gasteiger partial charge in [-0.1, -0.05) is 55.4 Å². The molecular formula is C31H60O2Si2. The van der Waals surface area contributed by atoms with E-state index in [9.17, 15) is 0 Å². The van der Waals surface area contributed by atoms with Gasteiger partial charge in [-0.25, -0.2) is 0 Å². The van der Waals surface area contributed by atoms with E-state index in [1.54, 1.807) is 0 Å². The molecule has 204 valence electrons. The molecule has 8 unspecified atom stereocenters. The second kappa shape index (κ2) is 8.95. The Kier molecular flexibility index (Phi) is 7.25. The number of fused-ring (bicyclic) bond motifs is 5. The van der Waals surface area contributed by atoms with Crippen molar-refractivity contribution < 1.29 is 8.85 Å². The minimum Gasteiger partial charge on any atom is -0.414 e. The molecular weight excluding hydrogens is 461 g/mol. The Bertz CT molecular complexity index is 778. The van der Waals surface area contributed by atoms with Gasteiger partial charge in [0.05, 0.1) is 6.10 Å². The third kappa shape index (κ3) is 4.82. The summed E-state index contributed by atoms with van der Waals surface area (Å²) in [6, 6.07) is 0. The quantitative estimate of drug-likeness (QED) is 0.343. The molecule has 4 heteroatoms. The molecule has 8 atom stereocenters. The van der Waals surface area contributed by atoms with Gasteiger partial charge in [-0.2, -0.15) is 0 Å². The zero-order valence-corrected chi connectivity index (χ0v) is 27.6. The zero-order valence-electron chi connectivity index (χ0n) is 25.6. The Labute approximate surface area is 221 Å². The lowest BCUT2D eigenvalue weighted by atomic mass is 9.45. The van der Waals surface area contributed by atoms with Gasteiger partial charge in [-0.15, -0.1) is 0 Å². The molecule has 4 aliphatic carbocycles. The molecule has 0 aromatic carbocycles. The molecule has 2 nitrogen and oxygen atoms in total. The average Bonchev–Trinajstić information content (AvgIpc) is 3.02. The van der Waals surface area contributed by atoms with E-state index >= 15 is 0 Å². The largest absolute Gasteiger partial charge is 0.414 e. The lowest BCUT2D eigenvalue weighted by molar-refractivity contribution is -0.131. The van der Waals surface area contributed by atoms with Crippen LogP contribution in [0.3, 0.4) is 0 Å². The lowest BCUT2D eigenvalue weighted by Gasteiger charge is -2.61. The third-order valence-corrected chi connectivity index (χ3v) is 22.1. The molecule has 4 saturated carbocycles. The Morgan fingerprint density at radius 2 is 1.17 bits per heavy atom. The molecule has 0 aromatic rings. The van der Waals surface area contributed by atoms with Crippen LogP contribution in [-0.4, -0.2) is 28.8 Å². The molecule has 0 spiro atoms. The van der Waals surface area contributed by atoms with E-state index in [2.05, 4.69) is 81.6 Å². The number of rotatable bonds is 4. The fourth-order valence-electron chi connectivity index (χ4n) is 8.60. The van der Waals surface area contributed by atoms with Crippen LogP contribution in [0.1, 0.15) is 113 Å². The average molecular weight is 521 g/mol. The summed E-state index contributed by atoms with van der Waals surface area (Å²) in [5.74, 6) is 3.62. The fraction of sp³-hybridized carbons (Fsp3) is 1.00. The van der Waals surface area contributed by atoms with Crippen molar-refractivity contribution >= 4 is 16.6 Å². The van der Waals surface area contributed by atoms with Crippen molar-refractivity contribution in [2.75, 3.05) is 0 Å². The molecule has 0 radical (unpaired) electrons. The van der Waals surface area contributed by atoms with Gasteiger partial charge < -0.3 is 8.85 Å². The van der Waals surface area contributed by atoms with Gasteiger partial charge >= 0.3 is 0 Å². The molecule has 4 fully saturated rings. The molecule has 35 heavy (non-hydrogen) atoms. The summed E-state index contributed by atoms with van der Waals surface area (Å²) in [5.41, 5.74) is 0.943. The van der Waals surface area contributed by atoms with E-state index in [0.717, 1.165) is 23.7 Å². The number of hydrogen-bond acceptors (Lipinski definition) is 2. The van der Waals surface area contributed by atoms with E-state index < -0.39 is 16.6 Å². The van der Waals surface area contributed by atoms with Gasteiger partial charge in [0.1, 0.15) is 0 Å². The second-order valence-corrected chi connectivity index (χ2v) is 26.4. The summed E-state index contributed by atoms with van der Waals surface area (Å²) in [7, 11) is -3.42. The molecule has 0 aliphatic heterocycles. The van der Waals surface area contributed by atoms with Crippen LogP contribution in [-0.2, 0) is 8.85 Å². The first kappa shape index (κ1) is 28.4. The Balaban J connectivity index is 1.46. The molecule has 0 bridgehead atoms. The maximum Gasteiger partial charge on any atom is 0.192 e. The van der Waals surface area contributed by atoms with Crippen LogP contribution in [0.25, 0.3) is 0 Å². The van der Waals surface area contributed by atoms with Gasteiger partial charge in [-0.3, -0.25) is 0 Å². The van der Waals surface area contributed by atoms with E-state index in [4.69, 9.17) is 8.85 Å². The summed E-state index contributed by atoms with van der Waals surface area (Å²) in [5, 5.41) is 0.611. The summed E-state index contributed by atoms with van der Waals surface area (Å²) in [4.78, 5) is 0. The van der Waals surface area contributed by atoms with E-state index in [1.165, 1.54) is 57.8 Å². The highest BCUT2D eigenvalue weighted by molar-refractivity contribution is 6.74. The van der Waals surface area contributed by atoms with Crippen molar-refractivity contribution in [1.29, 1.82) is 0 Å². The molecule has 0 aromatic heterocycles. The van der Waals surface area contributed by atoms with Crippen LogP contribution in [0.2, 0.25) is 36.3 Å².